The largest absolute Gasteiger partial charge is 0.421 e. The summed E-state index contributed by atoms with van der Waals surface area (Å²) in [7, 11) is 0. The van der Waals surface area contributed by atoms with Gasteiger partial charge in [-0.25, -0.2) is 9.78 Å². The summed E-state index contributed by atoms with van der Waals surface area (Å²) in [5.41, 5.74) is 3.87. The monoisotopic (exact) mass is 431 g/mol. The normalized spacial score (nSPS) is 19.8. The standard InChI is InChI=1S/C25H29N5O2/c1-6-30-16(3)12-28(13-17(30)4)20-8-7-19-9-23(32-25(31)21(19)10-20)22-14-29-11-15(2)26-18(5)24(29)27-22/h7-11,14,16-17H,6,12-13H2,1-5H3. The molecule has 166 valence electrons. The number of benzene rings is 1. The Morgan fingerprint density at radius 2 is 1.81 bits per heavy atom. The molecule has 4 heterocycles. The molecule has 1 aliphatic rings. The molecular weight excluding hydrogens is 402 g/mol. The van der Waals surface area contributed by atoms with Gasteiger partial charge in [-0.1, -0.05) is 13.0 Å². The molecule has 5 rings (SSSR count). The SMILES string of the molecule is CCN1C(C)CN(c2ccc3cc(-c4cn5cc(C)nc(C)c5n4)oc(=O)c3c2)CC1C. The number of aromatic nitrogens is 3. The van der Waals surface area contributed by atoms with E-state index in [1.165, 1.54) is 0 Å². The lowest BCUT2D eigenvalue weighted by Crippen LogP contribution is -2.56. The van der Waals surface area contributed by atoms with Crippen molar-refractivity contribution >= 4 is 22.1 Å². The van der Waals surface area contributed by atoms with Gasteiger partial charge in [-0.15, -0.1) is 0 Å². The van der Waals surface area contributed by atoms with E-state index >= 15 is 0 Å². The Morgan fingerprint density at radius 1 is 1.06 bits per heavy atom. The van der Waals surface area contributed by atoms with E-state index in [1.54, 1.807) is 0 Å². The number of hydrogen-bond acceptors (Lipinski definition) is 6. The molecule has 1 fully saturated rings. The average molecular weight is 432 g/mol. The summed E-state index contributed by atoms with van der Waals surface area (Å²) in [5, 5.41) is 1.46. The minimum Gasteiger partial charge on any atom is -0.421 e. The summed E-state index contributed by atoms with van der Waals surface area (Å²) >= 11 is 0. The van der Waals surface area contributed by atoms with Crippen LogP contribution in [0, 0.1) is 13.8 Å². The Hall–Kier alpha value is -3.19. The third-order valence-electron chi connectivity index (χ3n) is 6.56. The second-order valence-electron chi connectivity index (χ2n) is 8.93. The number of aryl methyl sites for hydroxylation is 2. The number of anilines is 1. The molecule has 0 aliphatic carbocycles. The maximum atomic E-state index is 12.9. The van der Waals surface area contributed by atoms with Gasteiger partial charge in [0.2, 0.25) is 0 Å². The molecule has 0 bridgehead atoms. The van der Waals surface area contributed by atoms with E-state index in [9.17, 15) is 4.79 Å². The van der Waals surface area contributed by atoms with Gasteiger partial charge >= 0.3 is 5.63 Å². The molecule has 0 spiro atoms. The maximum Gasteiger partial charge on any atom is 0.344 e. The first-order chi connectivity index (χ1) is 15.3. The van der Waals surface area contributed by atoms with E-state index in [1.807, 2.05) is 48.8 Å². The molecule has 7 nitrogen and oxygen atoms in total. The molecule has 1 saturated heterocycles. The molecule has 32 heavy (non-hydrogen) atoms. The van der Waals surface area contributed by atoms with E-state index in [0.717, 1.165) is 47.7 Å². The van der Waals surface area contributed by atoms with Gasteiger partial charge in [0, 0.05) is 43.3 Å². The van der Waals surface area contributed by atoms with Crippen LogP contribution in [0.5, 0.6) is 0 Å². The van der Waals surface area contributed by atoms with Gasteiger partial charge in [0.15, 0.2) is 11.4 Å². The van der Waals surface area contributed by atoms with Crippen LogP contribution in [0.3, 0.4) is 0 Å². The fraction of sp³-hybridized carbons (Fsp3) is 0.400. The Kier molecular flexibility index (Phi) is 5.01. The van der Waals surface area contributed by atoms with Crippen molar-refractivity contribution in [1.82, 2.24) is 19.3 Å². The smallest absolute Gasteiger partial charge is 0.344 e. The van der Waals surface area contributed by atoms with Crippen LogP contribution < -0.4 is 10.5 Å². The first kappa shape index (κ1) is 20.7. The highest BCUT2D eigenvalue weighted by atomic mass is 16.4. The highest BCUT2D eigenvalue weighted by Crippen LogP contribution is 2.28. The molecular formula is C25H29N5O2. The molecule has 0 amide bonds. The zero-order chi connectivity index (χ0) is 22.6. The van der Waals surface area contributed by atoms with Gasteiger partial charge in [-0.05, 0) is 57.8 Å². The lowest BCUT2D eigenvalue weighted by Gasteiger charge is -2.45. The number of fused-ring (bicyclic) bond motifs is 2. The zero-order valence-electron chi connectivity index (χ0n) is 19.3. The Morgan fingerprint density at radius 3 is 2.53 bits per heavy atom. The number of rotatable bonds is 3. The molecule has 2 unspecified atom stereocenters. The molecule has 1 aliphatic heterocycles. The summed E-state index contributed by atoms with van der Waals surface area (Å²) in [6.45, 7) is 13.6. The summed E-state index contributed by atoms with van der Waals surface area (Å²) in [4.78, 5) is 26.9. The molecule has 4 aromatic rings. The van der Waals surface area contributed by atoms with Crippen molar-refractivity contribution in [2.24, 2.45) is 0 Å². The van der Waals surface area contributed by atoms with Crippen LogP contribution in [-0.2, 0) is 0 Å². The molecule has 2 atom stereocenters. The van der Waals surface area contributed by atoms with E-state index in [4.69, 9.17) is 4.42 Å². The van der Waals surface area contributed by atoms with E-state index in [0.29, 0.717) is 28.9 Å². The van der Waals surface area contributed by atoms with Gasteiger partial charge in [0.1, 0.15) is 5.69 Å². The topological polar surface area (TPSA) is 66.9 Å². The summed E-state index contributed by atoms with van der Waals surface area (Å²) in [6.07, 6.45) is 3.80. The third-order valence-corrected chi connectivity index (χ3v) is 6.56. The van der Waals surface area contributed by atoms with Crippen molar-refractivity contribution < 1.29 is 4.42 Å². The first-order valence-electron chi connectivity index (χ1n) is 11.3. The van der Waals surface area contributed by atoms with Gasteiger partial charge in [0.25, 0.3) is 0 Å². The van der Waals surface area contributed by atoms with Crippen LogP contribution in [0.1, 0.15) is 32.2 Å². The summed E-state index contributed by atoms with van der Waals surface area (Å²) in [6, 6.07) is 8.92. The van der Waals surface area contributed by atoms with Crippen LogP contribution in [0.25, 0.3) is 27.9 Å². The van der Waals surface area contributed by atoms with Crippen molar-refractivity contribution in [3.8, 4) is 11.5 Å². The number of nitrogens with zero attached hydrogens (tertiary/aromatic N) is 5. The minimum atomic E-state index is -0.337. The second kappa shape index (κ2) is 7.74. The fourth-order valence-corrected chi connectivity index (χ4v) is 5.11. The molecule has 0 radical (unpaired) electrons. The van der Waals surface area contributed by atoms with Crippen molar-refractivity contribution in [3.05, 3.63) is 58.5 Å². The predicted octanol–water partition coefficient (Wildman–Crippen LogP) is 4.04. The summed E-state index contributed by atoms with van der Waals surface area (Å²) < 4.78 is 7.65. The van der Waals surface area contributed by atoms with Gasteiger partial charge in [-0.3, -0.25) is 9.88 Å². The van der Waals surface area contributed by atoms with Crippen molar-refractivity contribution in [2.75, 3.05) is 24.5 Å². The molecule has 0 N–H and O–H groups in total. The van der Waals surface area contributed by atoms with Crippen LogP contribution in [-0.4, -0.2) is 51.0 Å². The van der Waals surface area contributed by atoms with Crippen LogP contribution in [0.4, 0.5) is 5.69 Å². The van der Waals surface area contributed by atoms with Gasteiger partial charge in [0.05, 0.1) is 16.8 Å². The number of imidazole rings is 1. The summed E-state index contributed by atoms with van der Waals surface area (Å²) in [5.74, 6) is 0.467. The maximum absolute atomic E-state index is 12.9. The first-order valence-corrected chi connectivity index (χ1v) is 11.3. The average Bonchev–Trinajstić information content (AvgIpc) is 3.18. The number of hydrogen-bond donors (Lipinski definition) is 0. The highest BCUT2D eigenvalue weighted by molar-refractivity contribution is 5.87. The van der Waals surface area contributed by atoms with Gasteiger partial charge in [-0.2, -0.15) is 0 Å². The lowest BCUT2D eigenvalue weighted by molar-refractivity contribution is 0.140. The minimum absolute atomic E-state index is 0.337. The molecule has 1 aromatic carbocycles. The van der Waals surface area contributed by atoms with Crippen LogP contribution in [0.2, 0.25) is 0 Å². The van der Waals surface area contributed by atoms with Gasteiger partial charge < -0.3 is 13.7 Å². The lowest BCUT2D eigenvalue weighted by atomic mass is 10.1. The molecule has 3 aromatic heterocycles. The van der Waals surface area contributed by atoms with Crippen LogP contribution in [0.15, 0.2) is 45.9 Å². The fourth-order valence-electron chi connectivity index (χ4n) is 5.11. The molecule has 7 heteroatoms. The van der Waals surface area contributed by atoms with Crippen molar-refractivity contribution in [1.29, 1.82) is 0 Å². The third kappa shape index (κ3) is 3.46. The Balaban J connectivity index is 1.52. The quantitative estimate of drug-likeness (QED) is 0.488. The molecule has 0 saturated carbocycles. The van der Waals surface area contributed by atoms with E-state index in [-0.39, 0.29) is 5.63 Å². The Labute approximate surface area is 187 Å². The van der Waals surface area contributed by atoms with Crippen molar-refractivity contribution in [2.45, 2.75) is 46.7 Å². The number of likely N-dealkylation sites (N-methyl/N-ethyl adjacent to an activating group) is 1. The van der Waals surface area contributed by atoms with Crippen molar-refractivity contribution in [3.63, 3.8) is 0 Å². The number of piperazine rings is 1. The zero-order valence-corrected chi connectivity index (χ0v) is 19.3. The second-order valence-corrected chi connectivity index (χ2v) is 8.93. The van der Waals surface area contributed by atoms with Crippen LogP contribution >= 0.6 is 0 Å². The van der Waals surface area contributed by atoms with E-state index in [2.05, 4.69) is 46.6 Å². The highest BCUT2D eigenvalue weighted by Gasteiger charge is 2.28. The predicted molar refractivity (Wildman–Crippen MR) is 127 cm³/mol. The Bertz CT molecular complexity index is 1360. The van der Waals surface area contributed by atoms with E-state index < -0.39 is 0 Å².